The molecule has 1 aromatic heterocycles. The molecule has 0 aliphatic carbocycles. The van der Waals surface area contributed by atoms with Crippen LogP contribution in [0.5, 0.6) is 5.75 Å². The number of carbonyl (C=O) groups is 1. The fourth-order valence-electron chi connectivity index (χ4n) is 4.70. The number of alkyl halides is 3. The van der Waals surface area contributed by atoms with Crippen molar-refractivity contribution in [1.29, 1.82) is 0 Å². The second kappa shape index (κ2) is 9.52. The number of fused-ring (bicyclic) bond motifs is 2. The Morgan fingerprint density at radius 2 is 1.89 bits per heavy atom. The van der Waals surface area contributed by atoms with E-state index in [0.717, 1.165) is 28.6 Å². The summed E-state index contributed by atoms with van der Waals surface area (Å²) in [5, 5.41) is 12.6. The summed E-state index contributed by atoms with van der Waals surface area (Å²) in [7, 11) is 0. The normalized spacial score (nSPS) is 16.5. The highest BCUT2D eigenvalue weighted by molar-refractivity contribution is 5.86. The molecule has 1 unspecified atom stereocenters. The maximum Gasteiger partial charge on any atom is 0.416 e. The van der Waals surface area contributed by atoms with Crippen molar-refractivity contribution >= 4 is 22.9 Å². The zero-order valence-electron chi connectivity index (χ0n) is 20.6. The van der Waals surface area contributed by atoms with Crippen molar-refractivity contribution in [2.45, 2.75) is 31.5 Å². The van der Waals surface area contributed by atoms with Gasteiger partial charge in [0.05, 0.1) is 23.2 Å². The zero-order valence-corrected chi connectivity index (χ0v) is 20.6. The van der Waals surface area contributed by atoms with Crippen LogP contribution in [0, 0.1) is 0 Å². The lowest BCUT2D eigenvalue weighted by atomic mass is 9.85. The highest BCUT2D eigenvalue weighted by atomic mass is 19.4. The number of aryl methyl sites for hydroxylation is 1. The van der Waals surface area contributed by atoms with Gasteiger partial charge in [0.1, 0.15) is 11.3 Å². The molecule has 38 heavy (non-hydrogen) atoms. The third-order valence-electron chi connectivity index (χ3n) is 6.62. The molecular weight excluding hydrogens is 493 g/mol. The number of aromatic amines is 1. The summed E-state index contributed by atoms with van der Waals surface area (Å²) in [6, 6.07) is 18.1. The lowest BCUT2D eigenvalue weighted by molar-refractivity contribution is -0.139. The largest absolute Gasteiger partial charge is 0.508 e. The Kier molecular flexibility index (Phi) is 6.34. The molecule has 0 spiro atoms. The summed E-state index contributed by atoms with van der Waals surface area (Å²) in [6.45, 7) is 5.35. The van der Waals surface area contributed by atoms with Gasteiger partial charge in [-0.2, -0.15) is 13.2 Å². The number of nitrogens with one attached hydrogen (secondary N) is 1. The molecule has 8 heteroatoms. The van der Waals surface area contributed by atoms with Gasteiger partial charge in [0.15, 0.2) is 0 Å². The number of rotatable bonds is 7. The van der Waals surface area contributed by atoms with Crippen molar-refractivity contribution in [2.75, 3.05) is 6.61 Å². The molecule has 0 fully saturated rings. The number of benzene rings is 3. The third kappa shape index (κ3) is 4.69. The van der Waals surface area contributed by atoms with E-state index >= 15 is 0 Å². The maximum atomic E-state index is 13.5. The van der Waals surface area contributed by atoms with Crippen molar-refractivity contribution in [3.05, 3.63) is 112 Å². The number of nitrogens with zero attached hydrogens (tertiary/aromatic N) is 1. The Balaban J connectivity index is 1.60. The van der Waals surface area contributed by atoms with Crippen LogP contribution in [-0.2, 0) is 27.7 Å². The van der Waals surface area contributed by atoms with Gasteiger partial charge in [0, 0.05) is 16.7 Å². The fraction of sp³-hybridized carbons (Fsp3) is 0.200. The summed E-state index contributed by atoms with van der Waals surface area (Å²) < 4.78 is 45.6. The molecule has 3 aromatic carbocycles. The molecule has 0 radical (unpaired) electrons. The van der Waals surface area contributed by atoms with Gasteiger partial charge in [-0.05, 0) is 84.5 Å². The van der Waals surface area contributed by atoms with E-state index in [1.807, 2.05) is 30.3 Å². The molecule has 4 aromatic rings. The number of phenolic OH excluding ortho intramolecular Hbond substituents is 1. The Hall–Kier alpha value is -4.33. The second-order valence-electron chi connectivity index (χ2n) is 9.44. The number of aromatic hydroxyl groups is 1. The number of hydrogen-bond acceptors (Lipinski definition) is 4. The van der Waals surface area contributed by atoms with E-state index in [4.69, 9.17) is 9.73 Å². The quantitative estimate of drug-likeness (QED) is 0.198. The summed E-state index contributed by atoms with van der Waals surface area (Å²) in [5.74, 6) is -0.491. The standard InChI is InChI=1S/C30H25F3N2O3/c1-18(2)28(37)38-13-5-6-19-9-12-26(36)23(14-19)29(27-16-20-7-3-4-8-24(20)34-27)17-21-15-22(30(31,32)33)10-11-25(21)35-29/h3-4,7-12,14-17,34,36H,1,5-6,13H2,2H3. The first-order chi connectivity index (χ1) is 18.1. The number of carbonyl (C=O) groups excluding carboxylic acids is 1. The van der Waals surface area contributed by atoms with Crippen LogP contribution in [0.1, 0.15) is 35.7 Å². The van der Waals surface area contributed by atoms with E-state index in [1.54, 1.807) is 31.2 Å². The summed E-state index contributed by atoms with van der Waals surface area (Å²) in [6.07, 6.45) is -1.75. The molecule has 2 N–H and O–H groups in total. The van der Waals surface area contributed by atoms with Crippen LogP contribution in [-0.4, -0.2) is 22.7 Å². The highest BCUT2D eigenvalue weighted by Crippen LogP contribution is 2.42. The highest BCUT2D eigenvalue weighted by Gasteiger charge is 2.39. The number of ether oxygens (including phenoxy) is 1. The van der Waals surface area contributed by atoms with Crippen molar-refractivity contribution in [2.24, 2.45) is 4.99 Å². The summed E-state index contributed by atoms with van der Waals surface area (Å²) in [4.78, 5) is 19.9. The van der Waals surface area contributed by atoms with Gasteiger partial charge >= 0.3 is 12.1 Å². The Morgan fingerprint density at radius 3 is 2.63 bits per heavy atom. The van der Waals surface area contributed by atoms with E-state index in [0.29, 0.717) is 40.2 Å². The van der Waals surface area contributed by atoms with E-state index in [2.05, 4.69) is 11.6 Å². The van der Waals surface area contributed by atoms with Crippen molar-refractivity contribution in [3.8, 4) is 5.75 Å². The van der Waals surface area contributed by atoms with Gasteiger partial charge < -0.3 is 14.8 Å². The summed E-state index contributed by atoms with van der Waals surface area (Å²) in [5.41, 5.74) is 1.03. The number of halogens is 3. The van der Waals surface area contributed by atoms with Crippen LogP contribution in [0.3, 0.4) is 0 Å². The molecule has 5 nitrogen and oxygen atoms in total. The van der Waals surface area contributed by atoms with Gasteiger partial charge in [0.25, 0.3) is 0 Å². The van der Waals surface area contributed by atoms with Crippen LogP contribution in [0.4, 0.5) is 13.2 Å². The molecule has 1 aliphatic heterocycles. The smallest absolute Gasteiger partial charge is 0.416 e. The molecule has 0 bridgehead atoms. The van der Waals surface area contributed by atoms with Crippen molar-refractivity contribution in [1.82, 2.24) is 4.98 Å². The fourth-order valence-corrected chi connectivity index (χ4v) is 4.70. The monoisotopic (exact) mass is 518 g/mol. The lowest BCUT2D eigenvalue weighted by Gasteiger charge is -2.25. The Morgan fingerprint density at radius 1 is 1.11 bits per heavy atom. The number of hydrogen-bond donors (Lipinski definition) is 2. The predicted octanol–water partition coefficient (Wildman–Crippen LogP) is 5.30. The van der Waals surface area contributed by atoms with Crippen LogP contribution in [0.25, 0.3) is 17.0 Å². The molecular formula is C30H25F3N2O3. The van der Waals surface area contributed by atoms with Gasteiger partial charge in [-0.1, -0.05) is 30.8 Å². The van der Waals surface area contributed by atoms with Gasteiger partial charge in [-0.3, -0.25) is 4.99 Å². The van der Waals surface area contributed by atoms with Crippen LogP contribution < -0.4 is 10.6 Å². The van der Waals surface area contributed by atoms with Gasteiger partial charge in [0.2, 0.25) is 0 Å². The molecule has 2 heterocycles. The first-order valence-corrected chi connectivity index (χ1v) is 12.1. The topological polar surface area (TPSA) is 74.7 Å². The Bertz CT molecular complexity index is 1650. The number of esters is 1. The zero-order chi connectivity index (χ0) is 27.1. The van der Waals surface area contributed by atoms with Crippen LogP contribution in [0.15, 0.2) is 83.9 Å². The van der Waals surface area contributed by atoms with Crippen LogP contribution in [0.2, 0.25) is 0 Å². The molecule has 0 amide bonds. The number of para-hydroxylation sites is 1. The van der Waals surface area contributed by atoms with Gasteiger partial charge in [-0.25, -0.2) is 4.79 Å². The minimum atomic E-state index is -4.50. The lowest BCUT2D eigenvalue weighted by Crippen LogP contribution is -2.23. The number of H-pyrrole nitrogens is 1. The first-order valence-electron chi connectivity index (χ1n) is 12.1. The van der Waals surface area contributed by atoms with E-state index < -0.39 is 23.2 Å². The molecule has 1 aliphatic rings. The second-order valence-corrected chi connectivity index (χ2v) is 9.44. The first kappa shape index (κ1) is 25.3. The van der Waals surface area contributed by atoms with E-state index in [1.165, 1.54) is 6.07 Å². The SMILES string of the molecule is C=C(C)C(=O)OCCCc1ccc(O)c(C2(c3cc4ccccc4[nH]3)C=c3cc(C(F)(F)F)ccc3=N2)c1. The molecule has 0 saturated carbocycles. The van der Waals surface area contributed by atoms with Gasteiger partial charge in [-0.15, -0.1) is 0 Å². The number of aromatic nitrogens is 1. The molecule has 194 valence electrons. The van der Waals surface area contributed by atoms with Crippen molar-refractivity contribution in [3.63, 3.8) is 0 Å². The Labute approximate surface area is 216 Å². The summed E-state index contributed by atoms with van der Waals surface area (Å²) >= 11 is 0. The minimum absolute atomic E-state index is 0.0371. The minimum Gasteiger partial charge on any atom is -0.508 e. The molecule has 0 saturated heterocycles. The molecule has 5 rings (SSSR count). The average molecular weight is 519 g/mol. The number of phenols is 1. The molecule has 1 atom stereocenters. The van der Waals surface area contributed by atoms with E-state index in [-0.39, 0.29) is 12.4 Å². The predicted molar refractivity (Wildman–Crippen MR) is 138 cm³/mol. The van der Waals surface area contributed by atoms with Crippen molar-refractivity contribution < 1.29 is 27.8 Å². The maximum absolute atomic E-state index is 13.5. The van der Waals surface area contributed by atoms with Crippen LogP contribution >= 0.6 is 0 Å². The van der Waals surface area contributed by atoms with E-state index in [9.17, 15) is 23.1 Å². The third-order valence-corrected chi connectivity index (χ3v) is 6.62. The average Bonchev–Trinajstić information content (AvgIpc) is 3.49.